The molecule has 1 aliphatic carbocycles. The molecule has 1 saturated carbocycles. The van der Waals surface area contributed by atoms with E-state index in [4.69, 9.17) is 4.74 Å². The van der Waals surface area contributed by atoms with E-state index >= 15 is 0 Å². The molecular formula is C18H18O4. The first-order valence-electron chi connectivity index (χ1n) is 7.02. The van der Waals surface area contributed by atoms with Crippen LogP contribution in [0.3, 0.4) is 0 Å². The summed E-state index contributed by atoms with van der Waals surface area (Å²) >= 11 is 0. The van der Waals surface area contributed by atoms with Crippen LogP contribution in [0.25, 0.3) is 0 Å². The van der Waals surface area contributed by atoms with E-state index in [1.807, 2.05) is 0 Å². The molecule has 3 atom stereocenters. The molecule has 0 aliphatic heterocycles. The average Bonchev–Trinajstić information content (AvgIpc) is 2.55. The zero-order valence-electron chi connectivity index (χ0n) is 12.6. The molecule has 1 fully saturated rings. The van der Waals surface area contributed by atoms with Crippen molar-refractivity contribution < 1.29 is 19.4 Å². The molecule has 0 aromatic heterocycles. The van der Waals surface area contributed by atoms with Gasteiger partial charge in [-0.3, -0.25) is 0 Å². The molecule has 0 heterocycles. The first-order valence-corrected chi connectivity index (χ1v) is 7.02. The predicted molar refractivity (Wildman–Crippen MR) is 81.9 cm³/mol. The van der Waals surface area contributed by atoms with Gasteiger partial charge in [-0.1, -0.05) is 11.8 Å². The Hall–Kier alpha value is -2.27. The van der Waals surface area contributed by atoms with E-state index in [0.717, 1.165) is 5.56 Å². The molecule has 1 aromatic rings. The van der Waals surface area contributed by atoms with Crippen LogP contribution >= 0.6 is 0 Å². The normalized spacial score (nSPS) is 22.4. The third-order valence-corrected chi connectivity index (χ3v) is 3.70. The Morgan fingerprint density at radius 2 is 2.00 bits per heavy atom. The second-order valence-corrected chi connectivity index (χ2v) is 5.12. The van der Waals surface area contributed by atoms with Crippen molar-refractivity contribution in [1.82, 2.24) is 0 Å². The lowest BCUT2D eigenvalue weighted by atomic mass is 9.72. The standard InChI is InChI=1S/C18H18O4/c1-21-12-16-15(11-17(16)19)6-4-3-5-13-7-9-14(10-8-13)18(20)22-2/h7-10,15-17,19H,11-12H2,1-2H3/t15-,16+,17?/m0/s1. The average molecular weight is 298 g/mol. The molecular weight excluding hydrogens is 280 g/mol. The summed E-state index contributed by atoms with van der Waals surface area (Å²) in [6.07, 6.45) is 0.356. The highest BCUT2D eigenvalue weighted by atomic mass is 16.5. The molecule has 4 heteroatoms. The summed E-state index contributed by atoms with van der Waals surface area (Å²) in [6, 6.07) is 6.84. The Balaban J connectivity index is 1.95. The topological polar surface area (TPSA) is 55.8 Å². The number of carbonyl (C=O) groups excluding carboxylic acids is 1. The van der Waals surface area contributed by atoms with Gasteiger partial charge in [0.25, 0.3) is 0 Å². The Morgan fingerprint density at radius 3 is 2.59 bits per heavy atom. The molecule has 0 bridgehead atoms. The molecule has 1 aliphatic rings. The highest BCUT2D eigenvalue weighted by Gasteiger charge is 2.38. The fourth-order valence-electron chi connectivity index (χ4n) is 2.31. The van der Waals surface area contributed by atoms with Gasteiger partial charge in [0.15, 0.2) is 0 Å². The number of carbonyl (C=O) groups is 1. The van der Waals surface area contributed by atoms with Gasteiger partial charge in [-0.2, -0.15) is 0 Å². The van der Waals surface area contributed by atoms with Crippen molar-refractivity contribution in [2.45, 2.75) is 12.5 Å². The van der Waals surface area contributed by atoms with Gasteiger partial charge in [-0.25, -0.2) is 4.79 Å². The SMILES string of the molecule is COC[C@H]1C(O)C[C@@H]1C#CC#Cc1ccc(C(=O)OC)cc1. The molecule has 114 valence electrons. The Labute approximate surface area is 130 Å². The highest BCUT2D eigenvalue weighted by Crippen LogP contribution is 2.34. The van der Waals surface area contributed by atoms with E-state index in [0.29, 0.717) is 18.6 Å². The fourth-order valence-corrected chi connectivity index (χ4v) is 2.31. The van der Waals surface area contributed by atoms with E-state index in [1.54, 1.807) is 31.4 Å². The lowest BCUT2D eigenvalue weighted by Crippen LogP contribution is -2.43. The van der Waals surface area contributed by atoms with Crippen LogP contribution in [0.2, 0.25) is 0 Å². The molecule has 0 saturated heterocycles. The number of ether oxygens (including phenoxy) is 2. The highest BCUT2D eigenvalue weighted by molar-refractivity contribution is 5.89. The van der Waals surface area contributed by atoms with Crippen molar-refractivity contribution in [2.75, 3.05) is 20.8 Å². The summed E-state index contributed by atoms with van der Waals surface area (Å²) in [4.78, 5) is 11.3. The number of methoxy groups -OCH3 is 2. The molecule has 0 spiro atoms. The van der Waals surface area contributed by atoms with Gasteiger partial charge >= 0.3 is 5.97 Å². The number of benzene rings is 1. The molecule has 4 nitrogen and oxygen atoms in total. The summed E-state index contributed by atoms with van der Waals surface area (Å²) in [5, 5.41) is 9.61. The summed E-state index contributed by atoms with van der Waals surface area (Å²) in [6.45, 7) is 0.517. The van der Waals surface area contributed by atoms with Gasteiger partial charge in [0.1, 0.15) is 0 Å². The first-order chi connectivity index (χ1) is 10.7. The van der Waals surface area contributed by atoms with Crippen LogP contribution < -0.4 is 0 Å². The van der Waals surface area contributed by atoms with Crippen LogP contribution in [0.5, 0.6) is 0 Å². The first kappa shape index (κ1) is 16.1. The molecule has 1 aromatic carbocycles. The second-order valence-electron chi connectivity index (χ2n) is 5.12. The van der Waals surface area contributed by atoms with Gasteiger partial charge in [0.05, 0.1) is 25.4 Å². The van der Waals surface area contributed by atoms with E-state index in [9.17, 15) is 9.90 Å². The number of aliphatic hydroxyl groups is 1. The third-order valence-electron chi connectivity index (χ3n) is 3.70. The third kappa shape index (κ3) is 3.89. The Kier molecular flexibility index (Phi) is 5.61. The van der Waals surface area contributed by atoms with Crippen LogP contribution in [0.1, 0.15) is 22.3 Å². The maximum Gasteiger partial charge on any atom is 0.337 e. The number of hydrogen-bond donors (Lipinski definition) is 1. The quantitative estimate of drug-likeness (QED) is 0.678. The van der Waals surface area contributed by atoms with Gasteiger partial charge in [0.2, 0.25) is 0 Å². The molecule has 0 amide bonds. The van der Waals surface area contributed by atoms with Crippen LogP contribution in [-0.4, -0.2) is 38.0 Å². The fraction of sp³-hybridized carbons (Fsp3) is 0.389. The zero-order valence-corrected chi connectivity index (χ0v) is 12.6. The van der Waals surface area contributed by atoms with Crippen LogP contribution in [0.15, 0.2) is 24.3 Å². The van der Waals surface area contributed by atoms with Crippen molar-refractivity contribution in [1.29, 1.82) is 0 Å². The molecule has 0 radical (unpaired) electrons. The molecule has 1 N–H and O–H groups in total. The zero-order chi connectivity index (χ0) is 15.9. The van der Waals surface area contributed by atoms with Gasteiger partial charge in [0, 0.05) is 24.5 Å². The van der Waals surface area contributed by atoms with Gasteiger partial charge in [-0.15, -0.1) is 0 Å². The Morgan fingerprint density at radius 1 is 1.27 bits per heavy atom. The smallest absolute Gasteiger partial charge is 0.337 e. The number of esters is 1. The Bertz CT molecular complexity index is 640. The van der Waals surface area contributed by atoms with Crippen molar-refractivity contribution >= 4 is 5.97 Å². The van der Waals surface area contributed by atoms with Crippen LogP contribution in [-0.2, 0) is 9.47 Å². The minimum absolute atomic E-state index is 0.0821. The van der Waals surface area contributed by atoms with Crippen LogP contribution in [0.4, 0.5) is 0 Å². The van der Waals surface area contributed by atoms with E-state index in [2.05, 4.69) is 28.4 Å². The van der Waals surface area contributed by atoms with Crippen molar-refractivity contribution in [3.63, 3.8) is 0 Å². The van der Waals surface area contributed by atoms with Crippen molar-refractivity contribution in [3.8, 4) is 23.7 Å². The summed E-state index contributed by atoms with van der Waals surface area (Å²) in [7, 11) is 2.97. The van der Waals surface area contributed by atoms with E-state index in [-0.39, 0.29) is 23.9 Å². The molecule has 2 rings (SSSR count). The number of hydrogen-bond acceptors (Lipinski definition) is 4. The lowest BCUT2D eigenvalue weighted by Gasteiger charge is -2.37. The monoisotopic (exact) mass is 298 g/mol. The largest absolute Gasteiger partial charge is 0.465 e. The molecule has 22 heavy (non-hydrogen) atoms. The maximum atomic E-state index is 11.3. The minimum atomic E-state index is -0.368. The van der Waals surface area contributed by atoms with Crippen molar-refractivity contribution in [2.24, 2.45) is 11.8 Å². The summed E-state index contributed by atoms with van der Waals surface area (Å²) < 4.78 is 9.69. The van der Waals surface area contributed by atoms with Crippen LogP contribution in [0, 0.1) is 35.5 Å². The predicted octanol–water partition coefficient (Wildman–Crippen LogP) is 1.47. The number of aliphatic hydroxyl groups excluding tert-OH is 1. The summed E-state index contributed by atoms with van der Waals surface area (Å²) in [5.41, 5.74) is 1.27. The van der Waals surface area contributed by atoms with Crippen molar-refractivity contribution in [3.05, 3.63) is 35.4 Å². The summed E-state index contributed by atoms with van der Waals surface area (Å²) in [5.74, 6) is 11.4. The van der Waals surface area contributed by atoms with E-state index < -0.39 is 0 Å². The van der Waals surface area contributed by atoms with Gasteiger partial charge < -0.3 is 14.6 Å². The van der Waals surface area contributed by atoms with E-state index in [1.165, 1.54) is 7.11 Å². The second kappa shape index (κ2) is 7.66. The maximum absolute atomic E-state index is 11.3. The van der Waals surface area contributed by atoms with Gasteiger partial charge in [-0.05, 0) is 42.5 Å². The lowest BCUT2D eigenvalue weighted by molar-refractivity contribution is -0.0472. The number of rotatable bonds is 3. The molecule has 1 unspecified atom stereocenters. The minimum Gasteiger partial charge on any atom is -0.465 e.